The lowest BCUT2D eigenvalue weighted by atomic mass is 10.2. The van der Waals surface area contributed by atoms with Gasteiger partial charge in [-0.25, -0.2) is 0 Å². The van der Waals surface area contributed by atoms with E-state index in [9.17, 15) is 9.90 Å². The van der Waals surface area contributed by atoms with Gasteiger partial charge in [0.15, 0.2) is 0 Å². The van der Waals surface area contributed by atoms with Crippen molar-refractivity contribution in [2.75, 3.05) is 39.3 Å². The van der Waals surface area contributed by atoms with Crippen molar-refractivity contribution in [2.24, 2.45) is 0 Å². The van der Waals surface area contributed by atoms with E-state index >= 15 is 0 Å². The maximum absolute atomic E-state index is 11.8. The molecular weight excluding hydrogens is 230 g/mol. The Labute approximate surface area is 109 Å². The third-order valence-corrected chi connectivity index (χ3v) is 3.28. The summed E-state index contributed by atoms with van der Waals surface area (Å²) in [5, 5.41) is 12.2. The Morgan fingerprint density at radius 1 is 1.39 bits per heavy atom. The molecule has 5 nitrogen and oxygen atoms in total. The molecule has 0 aromatic heterocycles. The summed E-state index contributed by atoms with van der Waals surface area (Å²) in [6.07, 6.45) is 1.40. The lowest BCUT2D eigenvalue weighted by Crippen LogP contribution is -2.54. The number of aliphatic hydroxyl groups is 1. The van der Waals surface area contributed by atoms with Crippen LogP contribution in [0, 0.1) is 0 Å². The van der Waals surface area contributed by atoms with Crippen LogP contribution in [0.4, 0.5) is 0 Å². The van der Waals surface area contributed by atoms with Crippen LogP contribution in [0.1, 0.15) is 13.8 Å². The SMILES string of the molecule is C=CCNC(=O)C(C)N1CCN(CC(C)O)CC1. The fourth-order valence-corrected chi connectivity index (χ4v) is 2.19. The molecule has 2 atom stereocenters. The van der Waals surface area contributed by atoms with Crippen molar-refractivity contribution in [1.82, 2.24) is 15.1 Å². The number of amides is 1. The molecule has 1 rings (SSSR count). The molecule has 2 unspecified atom stereocenters. The summed E-state index contributed by atoms with van der Waals surface area (Å²) in [4.78, 5) is 16.2. The van der Waals surface area contributed by atoms with Crippen molar-refractivity contribution in [2.45, 2.75) is 26.0 Å². The van der Waals surface area contributed by atoms with Crippen LogP contribution in [0.15, 0.2) is 12.7 Å². The molecule has 1 amide bonds. The van der Waals surface area contributed by atoms with Gasteiger partial charge in [0.05, 0.1) is 12.1 Å². The quantitative estimate of drug-likeness (QED) is 0.639. The lowest BCUT2D eigenvalue weighted by molar-refractivity contribution is -0.126. The first-order valence-electron chi connectivity index (χ1n) is 6.57. The maximum Gasteiger partial charge on any atom is 0.237 e. The lowest BCUT2D eigenvalue weighted by Gasteiger charge is -2.37. The molecule has 0 aromatic rings. The number of carbonyl (C=O) groups excluding carboxylic acids is 1. The first-order valence-corrected chi connectivity index (χ1v) is 6.57. The van der Waals surface area contributed by atoms with Crippen molar-refractivity contribution in [3.8, 4) is 0 Å². The minimum Gasteiger partial charge on any atom is -0.392 e. The highest BCUT2D eigenvalue weighted by atomic mass is 16.3. The van der Waals surface area contributed by atoms with E-state index in [0.717, 1.165) is 26.2 Å². The van der Waals surface area contributed by atoms with Gasteiger partial charge in [-0.05, 0) is 13.8 Å². The van der Waals surface area contributed by atoms with E-state index in [2.05, 4.69) is 21.7 Å². The van der Waals surface area contributed by atoms with Gasteiger partial charge in [-0.15, -0.1) is 6.58 Å². The van der Waals surface area contributed by atoms with Crippen LogP contribution in [0.2, 0.25) is 0 Å². The van der Waals surface area contributed by atoms with Crippen LogP contribution >= 0.6 is 0 Å². The van der Waals surface area contributed by atoms with Crippen LogP contribution in [-0.2, 0) is 4.79 Å². The highest BCUT2D eigenvalue weighted by Gasteiger charge is 2.25. The van der Waals surface area contributed by atoms with Gasteiger partial charge in [0.25, 0.3) is 0 Å². The number of nitrogens with zero attached hydrogens (tertiary/aromatic N) is 2. The standard InChI is InChI=1S/C13H25N3O2/c1-4-5-14-13(18)12(3)16-8-6-15(7-9-16)10-11(2)17/h4,11-12,17H,1,5-10H2,2-3H3,(H,14,18). The summed E-state index contributed by atoms with van der Waals surface area (Å²) < 4.78 is 0. The fourth-order valence-electron chi connectivity index (χ4n) is 2.19. The normalized spacial score (nSPS) is 21.3. The fraction of sp³-hybridized carbons (Fsp3) is 0.769. The highest BCUT2D eigenvalue weighted by molar-refractivity contribution is 5.81. The van der Waals surface area contributed by atoms with Crippen molar-refractivity contribution in [3.63, 3.8) is 0 Å². The highest BCUT2D eigenvalue weighted by Crippen LogP contribution is 2.07. The Kier molecular flexibility index (Phi) is 6.32. The molecule has 0 bridgehead atoms. The summed E-state index contributed by atoms with van der Waals surface area (Å²) in [5.41, 5.74) is 0. The second-order valence-corrected chi connectivity index (χ2v) is 4.90. The van der Waals surface area contributed by atoms with Gasteiger partial charge in [-0.1, -0.05) is 6.08 Å². The van der Waals surface area contributed by atoms with Gasteiger partial charge < -0.3 is 10.4 Å². The predicted molar refractivity (Wildman–Crippen MR) is 72.4 cm³/mol. The monoisotopic (exact) mass is 255 g/mol. The van der Waals surface area contributed by atoms with Crippen LogP contribution in [0.3, 0.4) is 0 Å². The first-order chi connectivity index (χ1) is 8.54. The predicted octanol–water partition coefficient (Wildman–Crippen LogP) is -0.324. The minimum absolute atomic E-state index is 0.0545. The molecule has 1 saturated heterocycles. The Morgan fingerprint density at radius 2 is 2.00 bits per heavy atom. The molecule has 1 aliphatic heterocycles. The third-order valence-electron chi connectivity index (χ3n) is 3.28. The topological polar surface area (TPSA) is 55.8 Å². The molecule has 2 N–H and O–H groups in total. The zero-order valence-electron chi connectivity index (χ0n) is 11.4. The summed E-state index contributed by atoms with van der Waals surface area (Å²) in [6, 6.07) is -0.0985. The Hall–Kier alpha value is -0.910. The number of rotatable bonds is 6. The van der Waals surface area contributed by atoms with Crippen LogP contribution in [0.25, 0.3) is 0 Å². The second kappa shape index (κ2) is 7.51. The van der Waals surface area contributed by atoms with Crippen LogP contribution < -0.4 is 5.32 Å². The Bertz CT molecular complexity index is 273. The van der Waals surface area contributed by atoms with E-state index < -0.39 is 0 Å². The average molecular weight is 255 g/mol. The van der Waals surface area contributed by atoms with Gasteiger partial charge in [0.2, 0.25) is 5.91 Å². The van der Waals surface area contributed by atoms with Crippen molar-refractivity contribution >= 4 is 5.91 Å². The molecule has 0 saturated carbocycles. The van der Waals surface area contributed by atoms with E-state index in [0.29, 0.717) is 13.1 Å². The van der Waals surface area contributed by atoms with Crippen LogP contribution in [-0.4, -0.2) is 72.2 Å². The van der Waals surface area contributed by atoms with Crippen molar-refractivity contribution < 1.29 is 9.90 Å². The number of hydrogen-bond donors (Lipinski definition) is 2. The largest absolute Gasteiger partial charge is 0.392 e. The number of aliphatic hydroxyl groups excluding tert-OH is 1. The minimum atomic E-state index is -0.287. The second-order valence-electron chi connectivity index (χ2n) is 4.90. The molecule has 1 fully saturated rings. The number of carbonyl (C=O) groups is 1. The molecule has 5 heteroatoms. The van der Waals surface area contributed by atoms with Gasteiger partial charge in [0, 0.05) is 39.3 Å². The van der Waals surface area contributed by atoms with Crippen LogP contribution in [0.5, 0.6) is 0 Å². The molecule has 0 radical (unpaired) electrons. The molecule has 0 spiro atoms. The van der Waals surface area contributed by atoms with E-state index in [1.807, 2.05) is 6.92 Å². The third kappa shape index (κ3) is 4.76. The number of β-amino-alcohol motifs (C(OH)–C–C–N with tert-alkyl or cyclic N) is 1. The average Bonchev–Trinajstić information content (AvgIpc) is 2.35. The van der Waals surface area contributed by atoms with Crippen molar-refractivity contribution in [1.29, 1.82) is 0 Å². The van der Waals surface area contributed by atoms with Gasteiger partial charge >= 0.3 is 0 Å². The van der Waals surface area contributed by atoms with E-state index in [1.54, 1.807) is 13.0 Å². The number of piperazine rings is 1. The zero-order valence-corrected chi connectivity index (χ0v) is 11.4. The van der Waals surface area contributed by atoms with Gasteiger partial charge in [0.1, 0.15) is 0 Å². The molecule has 0 aliphatic carbocycles. The molecule has 18 heavy (non-hydrogen) atoms. The Morgan fingerprint density at radius 3 is 2.50 bits per heavy atom. The summed E-state index contributed by atoms with van der Waals surface area (Å²) in [5.74, 6) is 0.0545. The van der Waals surface area contributed by atoms with Gasteiger partial charge in [-0.3, -0.25) is 14.6 Å². The first kappa shape index (κ1) is 15.1. The molecule has 104 valence electrons. The number of nitrogens with one attached hydrogen (secondary N) is 1. The maximum atomic E-state index is 11.8. The van der Waals surface area contributed by atoms with Crippen molar-refractivity contribution in [3.05, 3.63) is 12.7 Å². The van der Waals surface area contributed by atoms with Gasteiger partial charge in [-0.2, -0.15) is 0 Å². The van der Waals surface area contributed by atoms with E-state index in [1.165, 1.54) is 0 Å². The molecule has 1 aliphatic rings. The summed E-state index contributed by atoms with van der Waals surface area (Å²) in [6.45, 7) is 12.1. The molecule has 0 aromatic carbocycles. The smallest absolute Gasteiger partial charge is 0.237 e. The van der Waals surface area contributed by atoms with E-state index in [4.69, 9.17) is 0 Å². The summed E-state index contributed by atoms with van der Waals surface area (Å²) in [7, 11) is 0. The zero-order chi connectivity index (χ0) is 13.5. The number of hydrogen-bond acceptors (Lipinski definition) is 4. The molecular formula is C13H25N3O2. The summed E-state index contributed by atoms with van der Waals surface area (Å²) >= 11 is 0. The molecule has 1 heterocycles. The Balaban J connectivity index is 2.33. The van der Waals surface area contributed by atoms with E-state index in [-0.39, 0.29) is 18.1 Å².